The summed E-state index contributed by atoms with van der Waals surface area (Å²) in [5, 5.41) is 23.7. The summed E-state index contributed by atoms with van der Waals surface area (Å²) in [5.41, 5.74) is 0.288. The number of hydrogen-bond acceptors (Lipinski definition) is 5. The number of ether oxygens (including phenoxy) is 1. The van der Waals surface area contributed by atoms with Crippen molar-refractivity contribution in [1.29, 1.82) is 0 Å². The van der Waals surface area contributed by atoms with Gasteiger partial charge in [-0.25, -0.2) is 14.4 Å². The van der Waals surface area contributed by atoms with E-state index in [-0.39, 0.29) is 5.57 Å². The van der Waals surface area contributed by atoms with E-state index in [1.54, 1.807) is 0 Å². The maximum atomic E-state index is 10.5. The van der Waals surface area contributed by atoms with Crippen LogP contribution in [0, 0.1) is 0 Å². The fourth-order valence-electron chi connectivity index (χ4n) is 0.255. The van der Waals surface area contributed by atoms with Crippen LogP contribution in [-0.2, 0) is 19.1 Å². The van der Waals surface area contributed by atoms with Crippen molar-refractivity contribution < 1.29 is 34.4 Å². The fourth-order valence-corrected chi connectivity index (χ4v) is 0.255. The van der Waals surface area contributed by atoms with Crippen LogP contribution >= 0.6 is 0 Å². The number of carbonyl (C=O) groups excluding carboxylic acids is 1. The molecule has 0 aromatic rings. The zero-order valence-corrected chi connectivity index (χ0v) is 10.8. The third kappa shape index (κ3) is 31.3. The summed E-state index contributed by atoms with van der Waals surface area (Å²) in [6.45, 7) is 12.1. The molecule has 0 aromatic heterocycles. The number of rotatable bonds is 4. The van der Waals surface area contributed by atoms with E-state index in [1.165, 1.54) is 13.8 Å². The van der Waals surface area contributed by atoms with Gasteiger partial charge in [0.2, 0.25) is 0 Å². The molecule has 7 heteroatoms. The maximum absolute atomic E-state index is 10.5. The second-order valence-corrected chi connectivity index (χ2v) is 2.87. The largest absolute Gasteiger partial charge is 0.478 e. The van der Waals surface area contributed by atoms with Gasteiger partial charge in [-0.2, -0.15) is 0 Å². The number of aliphatic carboxylic acids is 2. The average molecular weight is 274 g/mol. The first-order valence-corrected chi connectivity index (χ1v) is 4.83. The zero-order valence-electron chi connectivity index (χ0n) is 10.8. The lowest BCUT2D eigenvalue weighted by atomic mass is 10.4. The molecule has 0 spiro atoms. The predicted octanol–water partition coefficient (Wildman–Crippen LogP) is 0.958. The standard InChI is InChI=1S/C6H10O3.2C3H4O2/c1-4(2)6(8)9-5(3)7;2*1-2-3(4)5/h5,7H,1H2,2-3H3;2*2H,1H2,(H,4,5). The van der Waals surface area contributed by atoms with Crippen LogP contribution < -0.4 is 0 Å². The minimum absolute atomic E-state index is 0.288. The lowest BCUT2D eigenvalue weighted by Gasteiger charge is -2.04. The van der Waals surface area contributed by atoms with Gasteiger partial charge in [0.15, 0.2) is 6.29 Å². The first-order chi connectivity index (χ1) is 8.58. The molecular weight excluding hydrogens is 256 g/mol. The summed E-state index contributed by atoms with van der Waals surface area (Å²) in [7, 11) is 0. The molecule has 0 saturated heterocycles. The first-order valence-electron chi connectivity index (χ1n) is 4.83. The van der Waals surface area contributed by atoms with Crippen molar-refractivity contribution >= 4 is 17.9 Å². The molecule has 1 atom stereocenters. The Morgan fingerprint density at radius 1 is 1.11 bits per heavy atom. The number of aliphatic hydroxyl groups excluding tert-OH is 1. The highest BCUT2D eigenvalue weighted by molar-refractivity contribution is 5.86. The fraction of sp³-hybridized carbons (Fsp3) is 0.250. The number of esters is 1. The summed E-state index contributed by atoms with van der Waals surface area (Å²) < 4.78 is 4.33. The molecule has 7 nitrogen and oxygen atoms in total. The van der Waals surface area contributed by atoms with Crippen LogP contribution in [0.3, 0.4) is 0 Å². The highest BCUT2D eigenvalue weighted by Gasteiger charge is 2.04. The van der Waals surface area contributed by atoms with Crippen molar-refractivity contribution in [2.24, 2.45) is 0 Å². The van der Waals surface area contributed by atoms with Gasteiger partial charge in [0, 0.05) is 17.7 Å². The number of aliphatic hydroxyl groups is 1. The van der Waals surface area contributed by atoms with Gasteiger partial charge >= 0.3 is 17.9 Å². The van der Waals surface area contributed by atoms with Crippen molar-refractivity contribution in [2.75, 3.05) is 0 Å². The van der Waals surface area contributed by atoms with Crippen LogP contribution in [0.25, 0.3) is 0 Å². The van der Waals surface area contributed by atoms with E-state index in [9.17, 15) is 14.4 Å². The van der Waals surface area contributed by atoms with Crippen molar-refractivity contribution in [1.82, 2.24) is 0 Å². The van der Waals surface area contributed by atoms with Crippen LogP contribution in [0.2, 0.25) is 0 Å². The maximum Gasteiger partial charge on any atom is 0.335 e. The van der Waals surface area contributed by atoms with E-state index in [2.05, 4.69) is 24.5 Å². The Hall–Kier alpha value is -2.41. The van der Waals surface area contributed by atoms with E-state index in [4.69, 9.17) is 15.3 Å². The Labute approximate surface area is 111 Å². The molecule has 0 aliphatic rings. The molecule has 108 valence electrons. The second kappa shape index (κ2) is 13.7. The lowest BCUT2D eigenvalue weighted by Crippen LogP contribution is -2.13. The molecule has 0 radical (unpaired) electrons. The minimum Gasteiger partial charge on any atom is -0.478 e. The van der Waals surface area contributed by atoms with E-state index < -0.39 is 24.2 Å². The minimum atomic E-state index is -1.05. The molecule has 0 bridgehead atoms. The van der Waals surface area contributed by atoms with Gasteiger partial charge < -0.3 is 20.1 Å². The van der Waals surface area contributed by atoms with Gasteiger partial charge in [0.1, 0.15) is 0 Å². The molecule has 19 heavy (non-hydrogen) atoms. The highest BCUT2D eigenvalue weighted by Crippen LogP contribution is 1.94. The molecule has 0 aliphatic carbocycles. The topological polar surface area (TPSA) is 121 Å². The van der Waals surface area contributed by atoms with Gasteiger partial charge in [0.25, 0.3) is 0 Å². The molecule has 0 aromatic carbocycles. The van der Waals surface area contributed by atoms with Crippen LogP contribution in [0.15, 0.2) is 37.5 Å². The van der Waals surface area contributed by atoms with Gasteiger partial charge in [-0.15, -0.1) is 0 Å². The number of carboxylic acids is 2. The number of carbonyl (C=O) groups is 3. The lowest BCUT2D eigenvalue weighted by molar-refractivity contribution is -0.159. The Balaban J connectivity index is -0.000000219. The second-order valence-electron chi connectivity index (χ2n) is 2.87. The highest BCUT2D eigenvalue weighted by atomic mass is 16.6. The average Bonchev–Trinajstić information content (AvgIpc) is 2.29. The first kappa shape index (κ1) is 21.8. The molecule has 0 saturated carbocycles. The molecule has 3 N–H and O–H groups in total. The molecule has 0 amide bonds. The third-order valence-electron chi connectivity index (χ3n) is 0.975. The quantitative estimate of drug-likeness (QED) is 0.396. The normalized spacial score (nSPS) is 9.21. The number of hydrogen-bond donors (Lipinski definition) is 3. The van der Waals surface area contributed by atoms with Crippen LogP contribution in [0.1, 0.15) is 13.8 Å². The van der Waals surface area contributed by atoms with Crippen molar-refractivity contribution in [2.45, 2.75) is 20.1 Å². The van der Waals surface area contributed by atoms with Crippen molar-refractivity contribution in [3.05, 3.63) is 37.5 Å². The monoisotopic (exact) mass is 274 g/mol. The van der Waals surface area contributed by atoms with Gasteiger partial charge in [-0.3, -0.25) is 0 Å². The van der Waals surface area contributed by atoms with Crippen LogP contribution in [-0.4, -0.2) is 39.5 Å². The Morgan fingerprint density at radius 3 is 1.42 bits per heavy atom. The van der Waals surface area contributed by atoms with Gasteiger partial charge in [0.05, 0.1) is 0 Å². The molecule has 0 aliphatic heterocycles. The van der Waals surface area contributed by atoms with E-state index in [0.29, 0.717) is 0 Å². The third-order valence-corrected chi connectivity index (χ3v) is 0.975. The molecule has 1 unspecified atom stereocenters. The molecule has 0 fully saturated rings. The smallest absolute Gasteiger partial charge is 0.335 e. The van der Waals surface area contributed by atoms with Gasteiger partial charge in [-0.05, 0) is 13.8 Å². The summed E-state index contributed by atoms with van der Waals surface area (Å²) >= 11 is 0. The molecule has 0 rings (SSSR count). The van der Waals surface area contributed by atoms with E-state index >= 15 is 0 Å². The molecular formula is C12H18O7. The van der Waals surface area contributed by atoms with E-state index in [1.807, 2.05) is 0 Å². The Morgan fingerprint density at radius 2 is 1.37 bits per heavy atom. The number of carboxylic acid groups (broad SMARTS) is 2. The zero-order chi connectivity index (χ0) is 16.0. The molecule has 0 heterocycles. The summed E-state index contributed by atoms with van der Waals surface area (Å²) in [6, 6.07) is 0. The SMILES string of the molecule is C=C(C)C(=O)OC(C)O.C=CC(=O)O.C=CC(=O)O. The van der Waals surface area contributed by atoms with E-state index in [0.717, 1.165) is 12.2 Å². The van der Waals surface area contributed by atoms with Crippen LogP contribution in [0.4, 0.5) is 0 Å². The van der Waals surface area contributed by atoms with Crippen LogP contribution in [0.5, 0.6) is 0 Å². The Bertz CT molecular complexity index is 324. The van der Waals surface area contributed by atoms with Crippen molar-refractivity contribution in [3.63, 3.8) is 0 Å². The Kier molecular flexibility index (Phi) is 15.7. The predicted molar refractivity (Wildman–Crippen MR) is 68.3 cm³/mol. The summed E-state index contributed by atoms with van der Waals surface area (Å²) in [5.74, 6) is -2.53. The summed E-state index contributed by atoms with van der Waals surface area (Å²) in [6.07, 6.45) is 0.620. The van der Waals surface area contributed by atoms with Gasteiger partial charge in [-0.1, -0.05) is 19.7 Å². The summed E-state index contributed by atoms with van der Waals surface area (Å²) in [4.78, 5) is 29.0. The van der Waals surface area contributed by atoms with Crippen molar-refractivity contribution in [3.8, 4) is 0 Å².